The van der Waals surface area contributed by atoms with Crippen molar-refractivity contribution in [3.63, 3.8) is 0 Å². The summed E-state index contributed by atoms with van der Waals surface area (Å²) >= 11 is 0. The Balaban J connectivity index is 3.01. The number of carbonyl (C=O) groups is 2. The number of aliphatic hydroxyl groups excluding tert-OH is 1. The maximum atomic E-state index is 12.9. The van der Waals surface area contributed by atoms with Crippen molar-refractivity contribution < 1.29 is 14.7 Å². The molecule has 0 aliphatic carbocycles. The monoisotopic (exact) mass is 434 g/mol. The maximum absolute atomic E-state index is 12.9. The van der Waals surface area contributed by atoms with Gasteiger partial charge in [-0.3, -0.25) is 4.79 Å². The summed E-state index contributed by atoms with van der Waals surface area (Å²) in [4.78, 5) is 27.0. The Morgan fingerprint density at radius 3 is 2.26 bits per heavy atom. The van der Waals surface area contributed by atoms with Crippen LogP contribution in [0, 0.1) is 11.8 Å². The first kappa shape index (κ1) is 26.9. The van der Waals surface area contributed by atoms with E-state index in [0.29, 0.717) is 18.9 Å². The first-order valence-electron chi connectivity index (χ1n) is 11.2. The van der Waals surface area contributed by atoms with Crippen molar-refractivity contribution in [2.24, 2.45) is 17.6 Å². The van der Waals surface area contributed by atoms with Crippen molar-refractivity contribution >= 4 is 11.9 Å². The Labute approximate surface area is 187 Å². The van der Waals surface area contributed by atoms with Gasteiger partial charge in [0, 0.05) is 24.5 Å². The highest BCUT2D eigenvalue weighted by atomic mass is 16.3. The van der Waals surface area contributed by atoms with E-state index in [2.05, 4.69) is 24.5 Å². The lowest BCUT2D eigenvalue weighted by Gasteiger charge is -2.33. The number of amides is 3. The molecule has 0 bridgehead atoms. The zero-order chi connectivity index (χ0) is 23.6. The second-order valence-electron chi connectivity index (χ2n) is 9.82. The molecule has 1 aromatic carbocycles. The molecule has 0 aliphatic rings. The summed E-state index contributed by atoms with van der Waals surface area (Å²) in [5.74, 6) is -0.130. The minimum absolute atomic E-state index is 0.128. The largest absolute Gasteiger partial charge is 0.389 e. The van der Waals surface area contributed by atoms with E-state index in [1.165, 1.54) is 0 Å². The van der Waals surface area contributed by atoms with E-state index in [9.17, 15) is 14.7 Å². The lowest BCUT2D eigenvalue weighted by atomic mass is 9.99. The number of aliphatic hydroxyl groups is 1. The molecule has 1 rings (SSSR count). The fraction of sp³-hybridized carbons (Fsp3) is 0.667. The van der Waals surface area contributed by atoms with E-state index in [1.54, 1.807) is 11.8 Å². The molecule has 0 saturated carbocycles. The molecule has 0 spiro atoms. The van der Waals surface area contributed by atoms with Gasteiger partial charge in [0.2, 0.25) is 5.91 Å². The van der Waals surface area contributed by atoms with Gasteiger partial charge in [0.05, 0.1) is 18.7 Å². The molecule has 0 fully saturated rings. The molecule has 0 saturated heterocycles. The van der Waals surface area contributed by atoms with Crippen LogP contribution in [0.4, 0.5) is 4.79 Å². The van der Waals surface area contributed by atoms with Gasteiger partial charge in [-0.05, 0) is 45.1 Å². The Hall–Kier alpha value is -2.12. The standard InChI is InChI=1S/C24H42N4O3/c1-17(2)12-13-28(23(31)27-24(4,5)6)16-21(29)20(26-22(30)18(3)15-25)14-19-10-8-7-9-11-19/h7-11,17-18,20-21,29H,12-16,25H2,1-6H3,(H,26,30)(H,27,31). The molecule has 7 heteroatoms. The lowest BCUT2D eigenvalue weighted by Crippen LogP contribution is -2.55. The summed E-state index contributed by atoms with van der Waals surface area (Å²) in [6.45, 7) is 12.6. The number of hydrogen-bond acceptors (Lipinski definition) is 4. The van der Waals surface area contributed by atoms with E-state index in [1.807, 2.05) is 51.1 Å². The molecule has 0 aromatic heterocycles. The second kappa shape index (κ2) is 12.7. The van der Waals surface area contributed by atoms with Crippen LogP contribution in [0.3, 0.4) is 0 Å². The summed E-state index contributed by atoms with van der Waals surface area (Å²) in [5, 5.41) is 17.0. The molecule has 31 heavy (non-hydrogen) atoms. The van der Waals surface area contributed by atoms with Crippen LogP contribution in [0.1, 0.15) is 53.5 Å². The first-order valence-corrected chi connectivity index (χ1v) is 11.2. The van der Waals surface area contributed by atoms with Gasteiger partial charge in [0.25, 0.3) is 0 Å². The Kier molecular flexibility index (Phi) is 11.0. The first-order chi connectivity index (χ1) is 14.4. The van der Waals surface area contributed by atoms with Crippen molar-refractivity contribution in [3.8, 4) is 0 Å². The maximum Gasteiger partial charge on any atom is 0.317 e. The topological polar surface area (TPSA) is 108 Å². The van der Waals surface area contributed by atoms with E-state index in [0.717, 1.165) is 12.0 Å². The van der Waals surface area contributed by atoms with Crippen molar-refractivity contribution in [2.75, 3.05) is 19.6 Å². The van der Waals surface area contributed by atoms with E-state index in [4.69, 9.17) is 5.73 Å². The number of carbonyl (C=O) groups excluding carboxylic acids is 2. The van der Waals surface area contributed by atoms with Crippen LogP contribution in [0.5, 0.6) is 0 Å². The molecule has 3 amide bonds. The molecule has 1 aromatic rings. The quantitative estimate of drug-likeness (QED) is 0.429. The van der Waals surface area contributed by atoms with Crippen molar-refractivity contribution in [2.45, 2.75) is 72.1 Å². The van der Waals surface area contributed by atoms with Gasteiger partial charge in [-0.2, -0.15) is 0 Å². The fourth-order valence-corrected chi connectivity index (χ4v) is 3.03. The smallest absolute Gasteiger partial charge is 0.317 e. The summed E-state index contributed by atoms with van der Waals surface area (Å²) in [5.41, 5.74) is 6.26. The van der Waals surface area contributed by atoms with Gasteiger partial charge < -0.3 is 26.4 Å². The number of nitrogens with two attached hydrogens (primary N) is 1. The lowest BCUT2D eigenvalue weighted by molar-refractivity contribution is -0.125. The molecule has 0 heterocycles. The van der Waals surface area contributed by atoms with Crippen LogP contribution in [-0.2, 0) is 11.2 Å². The Morgan fingerprint density at radius 1 is 1.13 bits per heavy atom. The summed E-state index contributed by atoms with van der Waals surface area (Å²) in [6, 6.07) is 8.94. The van der Waals surface area contributed by atoms with Crippen LogP contribution in [-0.4, -0.2) is 59.3 Å². The van der Waals surface area contributed by atoms with Crippen molar-refractivity contribution in [3.05, 3.63) is 35.9 Å². The number of benzene rings is 1. The predicted molar refractivity (Wildman–Crippen MR) is 126 cm³/mol. The van der Waals surface area contributed by atoms with Crippen LogP contribution < -0.4 is 16.4 Å². The third kappa shape index (κ3) is 10.6. The zero-order valence-electron chi connectivity index (χ0n) is 20.0. The molecular weight excluding hydrogens is 392 g/mol. The molecule has 5 N–H and O–H groups in total. The highest BCUT2D eigenvalue weighted by molar-refractivity contribution is 5.79. The summed E-state index contributed by atoms with van der Waals surface area (Å²) in [7, 11) is 0. The molecule has 0 radical (unpaired) electrons. The number of hydrogen-bond donors (Lipinski definition) is 4. The number of nitrogens with one attached hydrogen (secondary N) is 2. The van der Waals surface area contributed by atoms with E-state index in [-0.39, 0.29) is 36.5 Å². The van der Waals surface area contributed by atoms with E-state index < -0.39 is 12.1 Å². The average molecular weight is 435 g/mol. The fourth-order valence-electron chi connectivity index (χ4n) is 3.03. The Morgan fingerprint density at radius 2 is 1.74 bits per heavy atom. The molecule has 3 atom stereocenters. The highest BCUT2D eigenvalue weighted by Gasteiger charge is 2.28. The van der Waals surface area contributed by atoms with Gasteiger partial charge in [-0.1, -0.05) is 51.1 Å². The molecule has 3 unspecified atom stereocenters. The predicted octanol–water partition coefficient (Wildman–Crippen LogP) is 2.53. The molecule has 176 valence electrons. The van der Waals surface area contributed by atoms with Crippen LogP contribution >= 0.6 is 0 Å². The third-order valence-electron chi connectivity index (χ3n) is 5.04. The van der Waals surface area contributed by atoms with Gasteiger partial charge in [0.1, 0.15) is 0 Å². The highest BCUT2D eigenvalue weighted by Crippen LogP contribution is 2.12. The van der Waals surface area contributed by atoms with Crippen LogP contribution in [0.25, 0.3) is 0 Å². The summed E-state index contributed by atoms with van der Waals surface area (Å²) < 4.78 is 0. The normalized spacial score (nSPS) is 14.6. The molecule has 7 nitrogen and oxygen atoms in total. The van der Waals surface area contributed by atoms with Gasteiger partial charge in [-0.25, -0.2) is 4.79 Å². The minimum atomic E-state index is -0.924. The third-order valence-corrected chi connectivity index (χ3v) is 5.04. The second-order valence-corrected chi connectivity index (χ2v) is 9.82. The average Bonchev–Trinajstić information content (AvgIpc) is 2.68. The van der Waals surface area contributed by atoms with Gasteiger partial charge >= 0.3 is 6.03 Å². The molecule has 0 aliphatic heterocycles. The number of rotatable bonds is 11. The zero-order valence-corrected chi connectivity index (χ0v) is 20.0. The van der Waals surface area contributed by atoms with Gasteiger partial charge in [-0.15, -0.1) is 0 Å². The number of nitrogens with zero attached hydrogens (tertiary/aromatic N) is 1. The minimum Gasteiger partial charge on any atom is -0.389 e. The summed E-state index contributed by atoms with van der Waals surface area (Å²) in [6.07, 6.45) is 0.362. The van der Waals surface area contributed by atoms with Crippen molar-refractivity contribution in [1.29, 1.82) is 0 Å². The van der Waals surface area contributed by atoms with Crippen molar-refractivity contribution in [1.82, 2.24) is 15.5 Å². The van der Waals surface area contributed by atoms with E-state index >= 15 is 0 Å². The number of urea groups is 1. The van der Waals surface area contributed by atoms with Crippen LogP contribution in [0.2, 0.25) is 0 Å². The SMILES string of the molecule is CC(C)CCN(CC(O)C(Cc1ccccc1)NC(=O)C(C)CN)C(=O)NC(C)(C)C. The molecular formula is C24H42N4O3. The van der Waals surface area contributed by atoms with Gasteiger partial charge in [0.15, 0.2) is 0 Å². The Bertz CT molecular complexity index is 673. The van der Waals surface area contributed by atoms with Crippen LogP contribution in [0.15, 0.2) is 30.3 Å².